The van der Waals surface area contributed by atoms with Gasteiger partial charge in [0.2, 0.25) is 0 Å². The highest BCUT2D eigenvalue weighted by molar-refractivity contribution is 6.09. The van der Waals surface area contributed by atoms with Crippen molar-refractivity contribution in [2.75, 3.05) is 0 Å². The zero-order chi connectivity index (χ0) is 19.0. The molecular formula is C18H18FN5O3. The summed E-state index contributed by atoms with van der Waals surface area (Å²) in [6.07, 6.45) is 5.27. The molecule has 2 fully saturated rings. The van der Waals surface area contributed by atoms with E-state index in [1.54, 1.807) is 12.1 Å². The van der Waals surface area contributed by atoms with Crippen LogP contribution in [0.2, 0.25) is 0 Å². The summed E-state index contributed by atoms with van der Waals surface area (Å²) in [6, 6.07) is 6.74. The maximum absolute atomic E-state index is 13.9. The molecule has 4 rings (SSSR count). The first-order valence-electron chi connectivity index (χ1n) is 8.78. The number of nitrogens with one attached hydrogen (secondary N) is 2. The molecule has 0 unspecified atom stereocenters. The number of para-hydroxylation sites is 1. The van der Waals surface area contributed by atoms with E-state index in [1.165, 1.54) is 29.1 Å². The largest absolute Gasteiger partial charge is 0.344 e. The van der Waals surface area contributed by atoms with Crippen LogP contribution < -0.4 is 10.7 Å². The Hall–Kier alpha value is -3.23. The number of rotatable bonds is 3. The first-order chi connectivity index (χ1) is 13.0. The number of hydrogen-bond acceptors (Lipinski definition) is 4. The van der Waals surface area contributed by atoms with E-state index in [0.717, 1.165) is 24.3 Å². The number of imide groups is 1. The molecule has 1 saturated carbocycles. The molecule has 27 heavy (non-hydrogen) atoms. The highest BCUT2D eigenvalue weighted by atomic mass is 19.1. The summed E-state index contributed by atoms with van der Waals surface area (Å²) in [5.74, 6) is -1.66. The number of amides is 4. The van der Waals surface area contributed by atoms with Crippen LogP contribution in [0.4, 0.5) is 9.18 Å². The Morgan fingerprint density at radius 1 is 1.15 bits per heavy atom. The molecule has 8 nitrogen and oxygen atoms in total. The van der Waals surface area contributed by atoms with Crippen molar-refractivity contribution in [1.29, 1.82) is 0 Å². The van der Waals surface area contributed by atoms with Crippen LogP contribution >= 0.6 is 0 Å². The normalized spacial score (nSPS) is 18.6. The van der Waals surface area contributed by atoms with Gasteiger partial charge in [-0.2, -0.15) is 10.1 Å². The van der Waals surface area contributed by atoms with Crippen LogP contribution in [0, 0.1) is 5.82 Å². The quantitative estimate of drug-likeness (QED) is 0.806. The molecule has 1 aliphatic carbocycles. The maximum atomic E-state index is 13.9. The van der Waals surface area contributed by atoms with Crippen molar-refractivity contribution < 1.29 is 18.8 Å². The monoisotopic (exact) mass is 371 g/mol. The third-order valence-electron chi connectivity index (χ3n) is 5.00. The lowest BCUT2D eigenvalue weighted by atomic mass is 9.82. The van der Waals surface area contributed by atoms with E-state index in [-0.39, 0.29) is 11.4 Å². The predicted octanol–water partition coefficient (Wildman–Crippen LogP) is 1.91. The molecule has 4 amide bonds. The zero-order valence-electron chi connectivity index (χ0n) is 14.4. The van der Waals surface area contributed by atoms with Gasteiger partial charge >= 0.3 is 6.03 Å². The van der Waals surface area contributed by atoms with Gasteiger partial charge in [0.1, 0.15) is 17.0 Å². The Balaban J connectivity index is 1.51. The number of urea groups is 1. The summed E-state index contributed by atoms with van der Waals surface area (Å²) >= 11 is 0. The van der Waals surface area contributed by atoms with Gasteiger partial charge in [0.05, 0.1) is 0 Å². The molecule has 1 aliphatic heterocycles. The highest BCUT2D eigenvalue weighted by Crippen LogP contribution is 2.33. The Morgan fingerprint density at radius 2 is 1.89 bits per heavy atom. The Morgan fingerprint density at radius 3 is 2.63 bits per heavy atom. The second kappa shape index (κ2) is 6.49. The number of halogens is 1. The van der Waals surface area contributed by atoms with Crippen molar-refractivity contribution in [3.63, 3.8) is 0 Å². The second-order valence-corrected chi connectivity index (χ2v) is 6.75. The van der Waals surface area contributed by atoms with Crippen LogP contribution in [-0.2, 0) is 4.79 Å². The van der Waals surface area contributed by atoms with Gasteiger partial charge in [-0.15, -0.1) is 0 Å². The van der Waals surface area contributed by atoms with Gasteiger partial charge in [-0.1, -0.05) is 31.4 Å². The predicted molar refractivity (Wildman–Crippen MR) is 92.2 cm³/mol. The van der Waals surface area contributed by atoms with Gasteiger partial charge in [-0.3, -0.25) is 15.0 Å². The van der Waals surface area contributed by atoms with Crippen LogP contribution in [0.15, 0.2) is 36.5 Å². The van der Waals surface area contributed by atoms with E-state index < -0.39 is 29.2 Å². The molecule has 140 valence electrons. The van der Waals surface area contributed by atoms with Crippen molar-refractivity contribution in [1.82, 2.24) is 25.5 Å². The molecule has 2 aliphatic rings. The minimum atomic E-state index is -0.921. The molecule has 0 atom stereocenters. The molecule has 1 aromatic heterocycles. The summed E-state index contributed by atoms with van der Waals surface area (Å²) < 4.78 is 15.1. The molecule has 2 heterocycles. The number of nitrogens with zero attached hydrogens (tertiary/aromatic N) is 3. The Labute approximate surface area is 154 Å². The smallest absolute Gasteiger partial charge is 0.322 e. The first kappa shape index (κ1) is 17.2. The standard InChI is InChI=1S/C18H18FN5O3/c19-12-6-2-3-7-14(12)23-11-8-13(21-23)15(25)22-24-16(26)18(20-17(24)27)9-4-1-5-10-18/h2-3,6-8,11H,1,4-5,9-10H2,(H,20,27)(H,22,25). The van der Waals surface area contributed by atoms with Gasteiger partial charge in [0, 0.05) is 6.20 Å². The molecule has 0 bridgehead atoms. The topological polar surface area (TPSA) is 96.3 Å². The van der Waals surface area contributed by atoms with E-state index in [1.807, 2.05) is 0 Å². The van der Waals surface area contributed by atoms with Gasteiger partial charge in [-0.25, -0.2) is 13.9 Å². The third-order valence-corrected chi connectivity index (χ3v) is 5.00. The van der Waals surface area contributed by atoms with Crippen molar-refractivity contribution >= 4 is 17.8 Å². The van der Waals surface area contributed by atoms with Gasteiger partial charge in [-0.05, 0) is 31.0 Å². The lowest BCUT2D eigenvalue weighted by Gasteiger charge is -2.30. The molecule has 1 aromatic carbocycles. The third kappa shape index (κ3) is 2.94. The van der Waals surface area contributed by atoms with E-state index >= 15 is 0 Å². The Bertz CT molecular complexity index is 919. The molecular weight excluding hydrogens is 353 g/mol. The number of hydrazine groups is 1. The maximum Gasteiger partial charge on any atom is 0.344 e. The zero-order valence-corrected chi connectivity index (χ0v) is 14.4. The Kier molecular flexibility index (Phi) is 4.14. The molecule has 0 radical (unpaired) electrons. The van der Waals surface area contributed by atoms with Crippen LogP contribution in [0.3, 0.4) is 0 Å². The summed E-state index contributed by atoms with van der Waals surface area (Å²) in [6.45, 7) is 0. The lowest BCUT2D eigenvalue weighted by Crippen LogP contribution is -2.51. The number of carbonyl (C=O) groups excluding carboxylic acids is 3. The fourth-order valence-corrected chi connectivity index (χ4v) is 3.59. The van der Waals surface area contributed by atoms with Gasteiger partial charge in [0.15, 0.2) is 5.69 Å². The minimum Gasteiger partial charge on any atom is -0.322 e. The minimum absolute atomic E-state index is 0.0385. The van der Waals surface area contributed by atoms with Crippen LogP contribution in [-0.4, -0.2) is 38.2 Å². The fraction of sp³-hybridized carbons (Fsp3) is 0.333. The summed E-state index contributed by atoms with van der Waals surface area (Å²) in [7, 11) is 0. The average molecular weight is 371 g/mol. The average Bonchev–Trinajstić information content (AvgIpc) is 3.23. The summed E-state index contributed by atoms with van der Waals surface area (Å²) in [5.41, 5.74) is 1.54. The molecule has 1 spiro atoms. The second-order valence-electron chi connectivity index (χ2n) is 6.75. The van der Waals surface area contributed by atoms with Crippen LogP contribution in [0.5, 0.6) is 0 Å². The highest BCUT2D eigenvalue weighted by Gasteiger charge is 2.52. The number of aromatic nitrogens is 2. The van der Waals surface area contributed by atoms with E-state index in [9.17, 15) is 18.8 Å². The molecule has 1 saturated heterocycles. The molecule has 2 N–H and O–H groups in total. The van der Waals surface area contributed by atoms with Crippen molar-refractivity contribution in [2.45, 2.75) is 37.6 Å². The van der Waals surface area contributed by atoms with Gasteiger partial charge < -0.3 is 5.32 Å². The summed E-state index contributed by atoms with van der Waals surface area (Å²) in [4.78, 5) is 37.3. The number of hydrogen-bond donors (Lipinski definition) is 2. The van der Waals surface area contributed by atoms with E-state index in [0.29, 0.717) is 12.8 Å². The van der Waals surface area contributed by atoms with Crippen molar-refractivity contribution in [3.8, 4) is 5.69 Å². The summed E-state index contributed by atoms with van der Waals surface area (Å²) in [5, 5.41) is 7.46. The van der Waals surface area contributed by atoms with Gasteiger partial charge in [0.25, 0.3) is 11.8 Å². The van der Waals surface area contributed by atoms with Crippen molar-refractivity contribution in [3.05, 3.63) is 48.0 Å². The van der Waals surface area contributed by atoms with Crippen LogP contribution in [0.1, 0.15) is 42.6 Å². The van der Waals surface area contributed by atoms with E-state index in [4.69, 9.17) is 0 Å². The molecule has 9 heteroatoms. The number of carbonyl (C=O) groups is 3. The fourth-order valence-electron chi connectivity index (χ4n) is 3.59. The lowest BCUT2D eigenvalue weighted by molar-refractivity contribution is -0.134. The first-order valence-corrected chi connectivity index (χ1v) is 8.78. The van der Waals surface area contributed by atoms with E-state index in [2.05, 4.69) is 15.8 Å². The molecule has 2 aromatic rings. The van der Waals surface area contributed by atoms with Crippen LogP contribution in [0.25, 0.3) is 5.69 Å². The SMILES string of the molecule is O=C(NN1C(=O)NC2(CCCCC2)C1=O)c1ccn(-c2ccccc2F)n1. The number of benzene rings is 1. The van der Waals surface area contributed by atoms with Crippen molar-refractivity contribution in [2.24, 2.45) is 0 Å².